The monoisotopic (exact) mass is 342 g/mol. The Hall–Kier alpha value is -2.49. The number of hydrogen-bond donors (Lipinski definition) is 2. The molecule has 23 heavy (non-hydrogen) atoms. The Bertz CT molecular complexity index is 703. The van der Waals surface area contributed by atoms with Gasteiger partial charge in [0, 0.05) is 7.05 Å². The molecule has 0 fully saturated rings. The summed E-state index contributed by atoms with van der Waals surface area (Å²) in [5.74, 6) is -2.92. The van der Waals surface area contributed by atoms with Gasteiger partial charge in [-0.05, 0) is 12.1 Å². The molecule has 0 saturated carbocycles. The molecule has 2 aromatic rings. The van der Waals surface area contributed by atoms with E-state index in [0.717, 1.165) is 30.0 Å². The Morgan fingerprint density at radius 1 is 1.26 bits per heavy atom. The van der Waals surface area contributed by atoms with Crippen molar-refractivity contribution < 1.29 is 22.8 Å². The van der Waals surface area contributed by atoms with Crippen molar-refractivity contribution in [2.75, 3.05) is 12.8 Å². The quantitative estimate of drug-likeness (QED) is 0.764. The molecule has 2 amide bonds. The van der Waals surface area contributed by atoms with Crippen molar-refractivity contribution in [2.45, 2.75) is 11.8 Å². The molecule has 122 valence electrons. The number of benzene rings is 1. The lowest BCUT2D eigenvalue weighted by molar-refractivity contribution is -0.118. The summed E-state index contributed by atoms with van der Waals surface area (Å²) in [4.78, 5) is 22.9. The molecule has 7 nitrogen and oxygen atoms in total. The van der Waals surface area contributed by atoms with Gasteiger partial charge in [-0.2, -0.15) is 0 Å². The Kier molecular flexibility index (Phi) is 5.63. The van der Waals surface area contributed by atoms with Gasteiger partial charge in [0.1, 0.15) is 17.2 Å². The predicted octanol–water partition coefficient (Wildman–Crippen LogP) is 1.12. The topological polar surface area (TPSA) is 97.1 Å². The number of nitrogens with zero attached hydrogens (tertiary/aromatic N) is 2. The molecule has 0 atom stereocenters. The number of carbonyl (C=O) groups excluding carboxylic acids is 2. The maximum absolute atomic E-state index is 13.4. The van der Waals surface area contributed by atoms with Crippen LogP contribution in [0.15, 0.2) is 27.8 Å². The van der Waals surface area contributed by atoms with Gasteiger partial charge in [-0.25, -0.2) is 8.78 Å². The van der Waals surface area contributed by atoms with Crippen LogP contribution in [0.2, 0.25) is 0 Å². The molecule has 0 aliphatic rings. The SMILES string of the molecule is CNC(=O)CSc1nnc(CNC(=O)c2c(F)cccc2F)o1. The highest BCUT2D eigenvalue weighted by atomic mass is 32.2. The Morgan fingerprint density at radius 3 is 2.61 bits per heavy atom. The minimum Gasteiger partial charge on any atom is -0.414 e. The van der Waals surface area contributed by atoms with Crippen LogP contribution in [0.1, 0.15) is 16.2 Å². The smallest absolute Gasteiger partial charge is 0.277 e. The van der Waals surface area contributed by atoms with Crippen molar-refractivity contribution in [3.05, 3.63) is 41.3 Å². The summed E-state index contributed by atoms with van der Waals surface area (Å²) in [5, 5.41) is 12.2. The number of rotatable bonds is 6. The van der Waals surface area contributed by atoms with Crippen LogP contribution >= 0.6 is 11.8 Å². The molecular weight excluding hydrogens is 330 g/mol. The maximum atomic E-state index is 13.4. The molecule has 0 aliphatic heterocycles. The number of aromatic nitrogens is 2. The van der Waals surface area contributed by atoms with Crippen LogP contribution in [0.4, 0.5) is 8.78 Å². The van der Waals surface area contributed by atoms with Gasteiger partial charge in [-0.15, -0.1) is 10.2 Å². The number of amides is 2. The van der Waals surface area contributed by atoms with Crippen molar-refractivity contribution in [1.82, 2.24) is 20.8 Å². The molecule has 0 bridgehead atoms. The van der Waals surface area contributed by atoms with E-state index in [9.17, 15) is 18.4 Å². The van der Waals surface area contributed by atoms with Gasteiger partial charge in [0.2, 0.25) is 11.8 Å². The Labute approximate surface area is 133 Å². The predicted molar refractivity (Wildman–Crippen MR) is 76.6 cm³/mol. The maximum Gasteiger partial charge on any atom is 0.277 e. The zero-order valence-electron chi connectivity index (χ0n) is 11.9. The average molecular weight is 342 g/mol. The van der Waals surface area contributed by atoms with Gasteiger partial charge in [-0.3, -0.25) is 9.59 Å². The molecule has 0 aliphatic carbocycles. The fraction of sp³-hybridized carbons (Fsp3) is 0.231. The summed E-state index contributed by atoms with van der Waals surface area (Å²) in [6, 6.07) is 3.13. The second kappa shape index (κ2) is 7.68. The zero-order valence-corrected chi connectivity index (χ0v) is 12.7. The zero-order chi connectivity index (χ0) is 16.8. The van der Waals surface area contributed by atoms with E-state index in [1.165, 1.54) is 7.05 Å². The number of halogens is 2. The highest BCUT2D eigenvalue weighted by Crippen LogP contribution is 2.16. The summed E-state index contributed by atoms with van der Waals surface area (Å²) in [6.07, 6.45) is 0. The minimum absolute atomic E-state index is 0.0505. The first-order chi connectivity index (χ1) is 11.0. The summed E-state index contributed by atoms with van der Waals surface area (Å²) in [6.45, 7) is -0.194. The second-order valence-corrected chi connectivity index (χ2v) is 5.13. The molecule has 10 heteroatoms. The van der Waals surface area contributed by atoms with E-state index in [1.54, 1.807) is 0 Å². The number of nitrogens with one attached hydrogen (secondary N) is 2. The van der Waals surface area contributed by atoms with Crippen molar-refractivity contribution in [2.24, 2.45) is 0 Å². The normalized spacial score (nSPS) is 10.4. The molecule has 1 aromatic carbocycles. The summed E-state index contributed by atoms with van der Waals surface area (Å²) in [7, 11) is 1.50. The number of carbonyl (C=O) groups is 2. The van der Waals surface area contributed by atoms with Gasteiger partial charge in [0.05, 0.1) is 12.3 Å². The average Bonchev–Trinajstić information content (AvgIpc) is 2.98. The van der Waals surface area contributed by atoms with Crippen molar-refractivity contribution >= 4 is 23.6 Å². The summed E-state index contributed by atoms with van der Waals surface area (Å²) < 4.78 is 32.1. The molecule has 1 heterocycles. The summed E-state index contributed by atoms with van der Waals surface area (Å²) in [5.41, 5.74) is -0.679. The van der Waals surface area contributed by atoms with E-state index < -0.39 is 23.1 Å². The highest BCUT2D eigenvalue weighted by Gasteiger charge is 2.17. The van der Waals surface area contributed by atoms with E-state index in [1.807, 2.05) is 0 Å². The summed E-state index contributed by atoms with van der Waals surface area (Å²) >= 11 is 1.02. The lowest BCUT2D eigenvalue weighted by Gasteiger charge is -2.04. The lowest BCUT2D eigenvalue weighted by Crippen LogP contribution is -2.25. The van der Waals surface area contributed by atoms with Crippen molar-refractivity contribution in [3.63, 3.8) is 0 Å². The van der Waals surface area contributed by atoms with E-state index in [2.05, 4.69) is 20.8 Å². The number of thioether (sulfide) groups is 1. The third-order valence-electron chi connectivity index (χ3n) is 2.64. The molecule has 2 N–H and O–H groups in total. The second-order valence-electron chi connectivity index (χ2n) is 4.20. The molecule has 0 radical (unpaired) electrons. The van der Waals surface area contributed by atoms with Gasteiger partial charge in [0.25, 0.3) is 11.1 Å². The highest BCUT2D eigenvalue weighted by molar-refractivity contribution is 7.99. The van der Waals surface area contributed by atoms with E-state index in [0.29, 0.717) is 0 Å². The van der Waals surface area contributed by atoms with Crippen LogP contribution in [-0.4, -0.2) is 34.8 Å². The molecule has 1 aromatic heterocycles. The molecule has 0 unspecified atom stereocenters. The third-order valence-corrected chi connectivity index (χ3v) is 3.46. The standard InChI is InChI=1S/C13H12F2N4O3S/c1-16-9(20)6-23-13-19-18-10(22-13)5-17-12(21)11-7(14)3-2-4-8(11)15/h2-4H,5-6H2,1H3,(H,16,20)(H,17,21). The molecule has 2 rings (SSSR count). The van der Waals surface area contributed by atoms with Crippen LogP contribution in [0.5, 0.6) is 0 Å². The van der Waals surface area contributed by atoms with Gasteiger partial charge >= 0.3 is 0 Å². The van der Waals surface area contributed by atoms with Crippen molar-refractivity contribution in [3.8, 4) is 0 Å². The van der Waals surface area contributed by atoms with Crippen LogP contribution in [-0.2, 0) is 11.3 Å². The largest absolute Gasteiger partial charge is 0.414 e. The first-order valence-corrected chi connectivity index (χ1v) is 7.37. The van der Waals surface area contributed by atoms with Crippen LogP contribution in [0.3, 0.4) is 0 Å². The first-order valence-electron chi connectivity index (χ1n) is 6.39. The molecule has 0 saturated heterocycles. The third kappa shape index (κ3) is 4.49. The minimum atomic E-state index is -0.963. The molecular formula is C13H12F2N4O3S. The van der Waals surface area contributed by atoms with Crippen LogP contribution in [0, 0.1) is 11.6 Å². The lowest BCUT2D eigenvalue weighted by atomic mass is 10.2. The van der Waals surface area contributed by atoms with Gasteiger partial charge in [-0.1, -0.05) is 17.8 Å². The fourth-order valence-electron chi connectivity index (χ4n) is 1.53. The van der Waals surface area contributed by atoms with Gasteiger partial charge < -0.3 is 15.1 Å². The van der Waals surface area contributed by atoms with E-state index in [-0.39, 0.29) is 29.3 Å². The molecule has 0 spiro atoms. The van der Waals surface area contributed by atoms with Gasteiger partial charge in [0.15, 0.2) is 0 Å². The Morgan fingerprint density at radius 2 is 1.96 bits per heavy atom. The van der Waals surface area contributed by atoms with Crippen molar-refractivity contribution in [1.29, 1.82) is 0 Å². The fourth-order valence-corrected chi connectivity index (χ4v) is 2.18. The van der Waals surface area contributed by atoms with E-state index >= 15 is 0 Å². The van der Waals surface area contributed by atoms with Crippen LogP contribution < -0.4 is 10.6 Å². The van der Waals surface area contributed by atoms with E-state index in [4.69, 9.17) is 4.42 Å². The first kappa shape index (κ1) is 16.9. The Balaban J connectivity index is 1.92. The number of hydrogen-bond acceptors (Lipinski definition) is 6. The van der Waals surface area contributed by atoms with Crippen LogP contribution in [0.25, 0.3) is 0 Å².